The Morgan fingerprint density at radius 3 is 2.25 bits per heavy atom. The Hall–Kier alpha value is -1.18. The van der Waals surface area contributed by atoms with Gasteiger partial charge in [0.05, 0.1) is 17.8 Å². The van der Waals surface area contributed by atoms with Crippen LogP contribution in [0.3, 0.4) is 0 Å². The number of carbonyl (C=O) groups excluding carboxylic acids is 2. The van der Waals surface area contributed by atoms with Gasteiger partial charge >= 0.3 is 5.97 Å². The standard InChI is InChI=1S/C29H54N2O9/c1-11-21-29(8,37)24(34)19(6)31(10)14-15(2)13-28(7,36)25(17(4)22(32)18(5)26(35)39-21)40-27-23(33)20(30-9)12-16(3)38-27/h15-21,23-25,27,30,33-34,36-37H,11-14H2,1-10H3/t15-,16-,17+,18-,19-,20+,21-,23-,24-,25-,27+,28-,29-/m1/s1. The third-order valence-corrected chi connectivity index (χ3v) is 8.98. The molecule has 0 aromatic rings. The molecule has 5 N–H and O–H groups in total. The molecular weight excluding hydrogens is 520 g/mol. The molecular formula is C29H54N2O9. The Morgan fingerprint density at radius 1 is 1.10 bits per heavy atom. The third-order valence-electron chi connectivity index (χ3n) is 8.98. The van der Waals surface area contributed by atoms with Gasteiger partial charge in [-0.15, -0.1) is 0 Å². The van der Waals surface area contributed by atoms with Gasteiger partial charge in [-0.25, -0.2) is 0 Å². The number of aliphatic hydroxyl groups is 4. The Labute approximate surface area is 239 Å². The number of carbonyl (C=O) groups is 2. The van der Waals surface area contributed by atoms with Gasteiger partial charge in [0.1, 0.15) is 29.8 Å². The molecule has 2 heterocycles. The zero-order valence-electron chi connectivity index (χ0n) is 26.0. The van der Waals surface area contributed by atoms with Gasteiger partial charge in [-0.3, -0.25) is 9.59 Å². The predicted octanol–water partition coefficient (Wildman–Crippen LogP) is 0.842. The lowest BCUT2D eigenvalue weighted by molar-refractivity contribution is -0.287. The zero-order chi connectivity index (χ0) is 30.7. The minimum Gasteiger partial charge on any atom is -0.459 e. The van der Waals surface area contributed by atoms with Gasteiger partial charge in [0.25, 0.3) is 0 Å². The lowest BCUT2D eigenvalue weighted by Gasteiger charge is -2.44. The highest BCUT2D eigenvalue weighted by atomic mass is 16.7. The summed E-state index contributed by atoms with van der Waals surface area (Å²) >= 11 is 0. The second kappa shape index (κ2) is 13.9. The number of likely N-dealkylation sites (N-methyl/N-ethyl adjacent to an activating group) is 2. The Kier molecular flexibility index (Phi) is 12.1. The Bertz CT molecular complexity index is 853. The van der Waals surface area contributed by atoms with Gasteiger partial charge in [0.15, 0.2) is 12.1 Å². The van der Waals surface area contributed by atoms with E-state index in [0.29, 0.717) is 13.0 Å². The summed E-state index contributed by atoms with van der Waals surface area (Å²) in [7, 11) is 3.55. The molecule has 0 aliphatic carbocycles. The van der Waals surface area contributed by atoms with E-state index in [1.54, 1.807) is 34.7 Å². The summed E-state index contributed by atoms with van der Waals surface area (Å²) in [6.07, 6.45) is -4.83. The van der Waals surface area contributed by atoms with Gasteiger partial charge in [-0.05, 0) is 73.9 Å². The Morgan fingerprint density at radius 2 is 1.70 bits per heavy atom. The number of hydrogen-bond donors (Lipinski definition) is 5. The number of ether oxygens (including phenoxy) is 3. The first-order valence-corrected chi connectivity index (χ1v) is 14.6. The molecule has 2 aliphatic heterocycles. The second-order valence-electron chi connectivity index (χ2n) is 12.8. The number of ketones is 1. The molecule has 234 valence electrons. The number of nitrogens with one attached hydrogen (secondary N) is 1. The van der Waals surface area contributed by atoms with Crippen LogP contribution in [-0.4, -0.2) is 118 Å². The summed E-state index contributed by atoms with van der Waals surface area (Å²) in [5, 5.41) is 48.3. The van der Waals surface area contributed by atoms with Crippen molar-refractivity contribution in [1.82, 2.24) is 10.2 Å². The van der Waals surface area contributed by atoms with Crippen molar-refractivity contribution in [2.24, 2.45) is 17.8 Å². The zero-order valence-corrected chi connectivity index (χ0v) is 26.0. The molecule has 0 amide bonds. The summed E-state index contributed by atoms with van der Waals surface area (Å²) in [4.78, 5) is 28.7. The minimum absolute atomic E-state index is 0.128. The first-order valence-electron chi connectivity index (χ1n) is 14.6. The topological polar surface area (TPSA) is 158 Å². The summed E-state index contributed by atoms with van der Waals surface area (Å²) in [6.45, 7) is 13.8. The number of cyclic esters (lactones) is 1. The fourth-order valence-corrected chi connectivity index (χ4v) is 6.38. The highest BCUT2D eigenvalue weighted by Gasteiger charge is 2.49. The van der Waals surface area contributed by atoms with Crippen LogP contribution in [0.4, 0.5) is 0 Å². The largest absolute Gasteiger partial charge is 0.459 e. The first kappa shape index (κ1) is 35.0. The van der Waals surface area contributed by atoms with Crippen LogP contribution in [0.5, 0.6) is 0 Å². The molecule has 0 aromatic heterocycles. The van der Waals surface area contributed by atoms with Crippen LogP contribution >= 0.6 is 0 Å². The van der Waals surface area contributed by atoms with Gasteiger partial charge in [-0.2, -0.15) is 0 Å². The van der Waals surface area contributed by atoms with Crippen LogP contribution in [0.2, 0.25) is 0 Å². The maximum Gasteiger partial charge on any atom is 0.316 e. The second-order valence-corrected chi connectivity index (χ2v) is 12.8. The van der Waals surface area contributed by atoms with Crippen molar-refractivity contribution in [1.29, 1.82) is 0 Å². The number of hydrogen-bond acceptors (Lipinski definition) is 11. The first-order chi connectivity index (χ1) is 18.4. The monoisotopic (exact) mass is 574 g/mol. The average Bonchev–Trinajstić information content (AvgIpc) is 2.88. The SMILES string of the molecule is CC[C@H]1OC(=O)[C@H](C)C(=O)[C@H](C)[C@@H](O[C@@H]2O[C@H](C)C[C@H](NC)[C@H]2O)[C@](C)(O)C[C@@H](C)CN(C)[C@H](C)[C@@H](O)[C@]1(C)O. The van der Waals surface area contributed by atoms with E-state index in [-0.39, 0.29) is 30.9 Å². The molecule has 0 bridgehead atoms. The lowest BCUT2D eigenvalue weighted by Crippen LogP contribution is -2.59. The van der Waals surface area contributed by atoms with E-state index >= 15 is 0 Å². The normalized spacial score (nSPS) is 47.3. The van der Waals surface area contributed by atoms with Crippen molar-refractivity contribution >= 4 is 11.8 Å². The summed E-state index contributed by atoms with van der Waals surface area (Å²) in [5.74, 6) is -3.68. The van der Waals surface area contributed by atoms with Crippen LogP contribution in [0.1, 0.15) is 74.7 Å². The van der Waals surface area contributed by atoms with Crippen LogP contribution in [0, 0.1) is 17.8 Å². The lowest BCUT2D eigenvalue weighted by atomic mass is 9.78. The summed E-state index contributed by atoms with van der Waals surface area (Å²) < 4.78 is 17.8. The van der Waals surface area contributed by atoms with Crippen molar-refractivity contribution in [3.63, 3.8) is 0 Å². The summed E-state index contributed by atoms with van der Waals surface area (Å²) in [5.41, 5.74) is -3.33. The van der Waals surface area contributed by atoms with Crippen LogP contribution < -0.4 is 5.32 Å². The maximum absolute atomic E-state index is 13.7. The van der Waals surface area contributed by atoms with E-state index in [4.69, 9.17) is 14.2 Å². The molecule has 0 unspecified atom stereocenters. The molecule has 2 rings (SSSR count). The quantitative estimate of drug-likeness (QED) is 0.239. The van der Waals surface area contributed by atoms with Crippen LogP contribution in [0.25, 0.3) is 0 Å². The molecule has 0 saturated carbocycles. The number of aliphatic hydroxyl groups excluding tert-OH is 2. The van der Waals surface area contributed by atoms with Gasteiger partial charge < -0.3 is 44.9 Å². The molecule has 2 aliphatic rings. The van der Waals surface area contributed by atoms with Crippen molar-refractivity contribution < 1.29 is 44.2 Å². The highest BCUT2D eigenvalue weighted by Crippen LogP contribution is 2.35. The number of nitrogens with zero attached hydrogens (tertiary/aromatic N) is 1. The molecule has 0 spiro atoms. The van der Waals surface area contributed by atoms with E-state index in [9.17, 15) is 30.0 Å². The maximum atomic E-state index is 13.7. The predicted molar refractivity (Wildman–Crippen MR) is 149 cm³/mol. The van der Waals surface area contributed by atoms with Gasteiger partial charge in [-0.1, -0.05) is 20.8 Å². The fraction of sp³-hybridized carbons (Fsp3) is 0.931. The van der Waals surface area contributed by atoms with Crippen LogP contribution in [-0.2, 0) is 23.8 Å². The van der Waals surface area contributed by atoms with E-state index in [0.717, 1.165) is 0 Å². The molecule has 11 nitrogen and oxygen atoms in total. The van der Waals surface area contributed by atoms with Crippen LogP contribution in [0.15, 0.2) is 0 Å². The molecule has 40 heavy (non-hydrogen) atoms. The molecule has 0 aromatic carbocycles. The fourth-order valence-electron chi connectivity index (χ4n) is 6.38. The number of Topliss-reactive ketones (excluding diaryl/α,β-unsaturated/α-hetero) is 1. The summed E-state index contributed by atoms with van der Waals surface area (Å²) in [6, 6.07) is -0.823. The van der Waals surface area contributed by atoms with E-state index in [2.05, 4.69) is 5.32 Å². The van der Waals surface area contributed by atoms with Crippen molar-refractivity contribution in [3.8, 4) is 0 Å². The number of esters is 1. The van der Waals surface area contributed by atoms with Crippen molar-refractivity contribution in [2.75, 3.05) is 20.6 Å². The molecule has 2 fully saturated rings. The van der Waals surface area contributed by atoms with Crippen molar-refractivity contribution in [3.05, 3.63) is 0 Å². The Balaban J connectivity index is 2.52. The third kappa shape index (κ3) is 7.80. The molecule has 2 saturated heterocycles. The minimum atomic E-state index is -1.78. The molecule has 13 atom stereocenters. The highest BCUT2D eigenvalue weighted by molar-refractivity contribution is 6.00. The molecule has 0 radical (unpaired) electrons. The van der Waals surface area contributed by atoms with E-state index in [1.165, 1.54) is 13.8 Å². The average molecular weight is 575 g/mol. The molecule has 11 heteroatoms. The smallest absolute Gasteiger partial charge is 0.316 e. The number of rotatable bonds is 4. The van der Waals surface area contributed by atoms with Gasteiger partial charge in [0, 0.05) is 24.5 Å². The van der Waals surface area contributed by atoms with E-state index in [1.807, 2.05) is 25.8 Å². The van der Waals surface area contributed by atoms with Crippen molar-refractivity contribution in [2.45, 2.75) is 135 Å². The van der Waals surface area contributed by atoms with E-state index < -0.39 is 71.5 Å². The van der Waals surface area contributed by atoms with Gasteiger partial charge in [0.2, 0.25) is 0 Å².